The van der Waals surface area contributed by atoms with Crippen molar-refractivity contribution in [2.45, 2.75) is 55.5 Å². The van der Waals surface area contributed by atoms with Crippen molar-refractivity contribution in [3.8, 4) is 28.1 Å². The van der Waals surface area contributed by atoms with Gasteiger partial charge in [0, 0.05) is 47.1 Å². The summed E-state index contributed by atoms with van der Waals surface area (Å²) in [4.78, 5) is 27.9. The first-order valence-corrected chi connectivity index (χ1v) is 16.0. The number of piperidine rings is 1. The van der Waals surface area contributed by atoms with E-state index in [1.165, 1.54) is 4.52 Å². The Labute approximate surface area is 254 Å². The number of nitrogen functional groups attached to an aromatic ring is 1. The summed E-state index contributed by atoms with van der Waals surface area (Å²) in [6, 6.07) is 9.37. The Bertz CT molecular complexity index is 1920. The van der Waals surface area contributed by atoms with Crippen LogP contribution in [0.15, 0.2) is 52.6 Å². The molecule has 2 saturated heterocycles. The molecule has 0 aliphatic carbocycles. The van der Waals surface area contributed by atoms with Gasteiger partial charge in [0.05, 0.1) is 24.7 Å². The summed E-state index contributed by atoms with van der Waals surface area (Å²) >= 11 is 0. The van der Waals surface area contributed by atoms with Crippen LogP contribution in [0.5, 0.6) is 5.75 Å². The Kier molecular flexibility index (Phi) is 7.32. The van der Waals surface area contributed by atoms with Gasteiger partial charge in [-0.3, -0.25) is 15.2 Å². The molecule has 2 bridgehead atoms. The van der Waals surface area contributed by atoms with E-state index in [9.17, 15) is 13.2 Å². The highest BCUT2D eigenvalue weighted by molar-refractivity contribution is 7.91. The van der Waals surface area contributed by atoms with Crippen LogP contribution in [0.4, 0.5) is 5.82 Å². The number of carbonyl (C=O) groups is 1. The fourth-order valence-corrected chi connectivity index (χ4v) is 7.69. The maximum atomic E-state index is 13.1. The molecule has 2 fully saturated rings. The van der Waals surface area contributed by atoms with Gasteiger partial charge in [0.2, 0.25) is 0 Å². The number of sulfone groups is 1. The highest BCUT2D eigenvalue weighted by Gasteiger charge is 2.46. The first-order valence-electron chi connectivity index (χ1n) is 14.1. The van der Waals surface area contributed by atoms with Crippen LogP contribution in [0.2, 0.25) is 0 Å². The van der Waals surface area contributed by atoms with Gasteiger partial charge in [-0.2, -0.15) is 9.61 Å². The van der Waals surface area contributed by atoms with Crippen LogP contribution in [0.25, 0.3) is 28.0 Å². The summed E-state index contributed by atoms with van der Waals surface area (Å²) < 4.78 is 32.9. The normalized spacial score (nSPS) is 20.2. The summed E-state index contributed by atoms with van der Waals surface area (Å²) in [6.45, 7) is 1.98. The van der Waals surface area contributed by atoms with Crippen molar-refractivity contribution in [3.63, 3.8) is 0 Å². The minimum Gasteiger partial charge on any atom is -0.496 e. The van der Waals surface area contributed by atoms with E-state index in [0.717, 1.165) is 53.6 Å². The Balaban J connectivity index is 1.39. The van der Waals surface area contributed by atoms with Crippen molar-refractivity contribution in [1.82, 2.24) is 24.5 Å². The third-order valence-electron chi connectivity index (χ3n) is 8.58. The first-order chi connectivity index (χ1) is 21.0. The molecule has 14 heteroatoms. The number of nitrogens with two attached hydrogens (primary N) is 2. The summed E-state index contributed by atoms with van der Waals surface area (Å²) in [5, 5.41) is 11.6. The van der Waals surface area contributed by atoms with E-state index in [2.05, 4.69) is 15.1 Å². The van der Waals surface area contributed by atoms with E-state index in [4.69, 9.17) is 26.6 Å². The monoisotopic (exact) mass is 615 g/mol. The van der Waals surface area contributed by atoms with E-state index in [1.54, 1.807) is 24.4 Å². The third kappa shape index (κ3) is 4.94. The Hall–Kier alpha value is -4.85. The van der Waals surface area contributed by atoms with Gasteiger partial charge in [0.1, 0.15) is 22.8 Å². The number of carbonyl (C=O) groups excluding carboxylic acids is 1. The minimum atomic E-state index is -3.78. The van der Waals surface area contributed by atoms with Gasteiger partial charge in [-0.1, -0.05) is 6.07 Å². The second-order valence-corrected chi connectivity index (χ2v) is 13.3. The average molecular weight is 616 g/mol. The highest BCUT2D eigenvalue weighted by Crippen LogP contribution is 2.45. The number of nitrogens with one attached hydrogen (secondary N) is 1. The number of aryl methyl sites for hydroxylation is 1. The second kappa shape index (κ2) is 11.0. The van der Waals surface area contributed by atoms with Gasteiger partial charge >= 0.3 is 0 Å². The van der Waals surface area contributed by atoms with Crippen molar-refractivity contribution < 1.29 is 17.9 Å². The van der Waals surface area contributed by atoms with Crippen molar-refractivity contribution in [3.05, 3.63) is 54.0 Å². The van der Waals surface area contributed by atoms with Gasteiger partial charge in [0.25, 0.3) is 5.91 Å². The fraction of sp³-hybridized carbons (Fsp3) is 0.333. The predicted octanol–water partition coefficient (Wildman–Crippen LogP) is 2.96. The number of pyridine rings is 1. The molecule has 228 valence electrons. The van der Waals surface area contributed by atoms with Gasteiger partial charge < -0.3 is 21.1 Å². The minimum absolute atomic E-state index is 0.00903. The maximum absolute atomic E-state index is 13.1. The standard InChI is InChI=1S/C30H33N9O4S/c1-16-10-17(5-9-24(16)43-2)23-8-4-18(13-34-23)22-14-36-39-28(33)26(44(3,41)42)25(37-29(22)39)19-11-20-6-7-21(12-19)38(20)30(40)27(32)35-15-31/h4-5,8-10,13-15,19-21H,6-7,11-12,33H2,1-3H3,(H3,31,32,35). The van der Waals surface area contributed by atoms with Crippen molar-refractivity contribution >= 4 is 39.4 Å². The number of hydrogen-bond donors (Lipinski definition) is 3. The summed E-state index contributed by atoms with van der Waals surface area (Å²) in [7, 11) is -2.15. The molecule has 5 N–H and O–H groups in total. The molecule has 0 saturated carbocycles. The van der Waals surface area contributed by atoms with E-state index >= 15 is 0 Å². The molecule has 13 nitrogen and oxygen atoms in total. The summed E-state index contributed by atoms with van der Waals surface area (Å²) in [6.07, 6.45) is 7.69. The van der Waals surface area contributed by atoms with E-state index < -0.39 is 15.7 Å². The molecule has 44 heavy (non-hydrogen) atoms. The van der Waals surface area contributed by atoms with Gasteiger partial charge in [-0.25, -0.2) is 18.4 Å². The molecule has 2 atom stereocenters. The number of aliphatic imine (C=N–C) groups is 1. The van der Waals surface area contributed by atoms with Crippen LogP contribution in [-0.2, 0) is 14.6 Å². The molecule has 5 heterocycles. The van der Waals surface area contributed by atoms with Gasteiger partial charge in [-0.15, -0.1) is 0 Å². The molecule has 2 aliphatic rings. The molecule has 2 aliphatic heterocycles. The molecule has 1 amide bonds. The lowest BCUT2D eigenvalue weighted by Crippen LogP contribution is -2.50. The quantitative estimate of drug-likeness (QED) is 0.216. The number of aromatic nitrogens is 4. The van der Waals surface area contributed by atoms with Gasteiger partial charge in [-0.05, 0) is 62.4 Å². The third-order valence-corrected chi connectivity index (χ3v) is 9.74. The number of amidine groups is 1. The number of amides is 1. The number of ether oxygens (including phenoxy) is 1. The van der Waals surface area contributed by atoms with Crippen molar-refractivity contribution in [1.29, 1.82) is 5.41 Å². The number of anilines is 1. The maximum Gasteiger partial charge on any atom is 0.289 e. The SMILES string of the molecule is COc1ccc(-c2ccc(-c3cnn4c(N)c(S(C)(=O)=O)c(C5CC6CCC(C5)N6C(=O)C(N)=NC=N)nc34)cn2)cc1C. The zero-order valence-corrected chi connectivity index (χ0v) is 25.4. The molecule has 6 rings (SSSR count). The zero-order valence-electron chi connectivity index (χ0n) is 24.6. The number of rotatable bonds is 6. The van der Waals surface area contributed by atoms with Crippen molar-refractivity contribution in [2.24, 2.45) is 10.7 Å². The molecular weight excluding hydrogens is 582 g/mol. The van der Waals surface area contributed by atoms with E-state index in [-0.39, 0.29) is 34.6 Å². The second-order valence-electron chi connectivity index (χ2n) is 11.3. The van der Waals surface area contributed by atoms with Crippen LogP contribution in [0.1, 0.15) is 42.9 Å². The summed E-state index contributed by atoms with van der Waals surface area (Å²) in [5.41, 5.74) is 17.3. The van der Waals surface area contributed by atoms with E-state index in [0.29, 0.717) is 29.7 Å². The number of hydrogen-bond acceptors (Lipinski definition) is 9. The molecule has 3 aromatic heterocycles. The van der Waals surface area contributed by atoms with Crippen LogP contribution < -0.4 is 16.2 Å². The van der Waals surface area contributed by atoms with Crippen LogP contribution >= 0.6 is 0 Å². The molecular formula is C30H33N9O4S. The summed E-state index contributed by atoms with van der Waals surface area (Å²) in [5.74, 6) is -0.122. The van der Waals surface area contributed by atoms with Crippen LogP contribution in [0, 0.1) is 12.3 Å². The fourth-order valence-electron chi connectivity index (χ4n) is 6.63. The van der Waals surface area contributed by atoms with Crippen LogP contribution in [-0.4, -0.2) is 76.4 Å². The Morgan fingerprint density at radius 2 is 1.84 bits per heavy atom. The lowest BCUT2D eigenvalue weighted by atomic mass is 9.87. The van der Waals surface area contributed by atoms with Crippen molar-refractivity contribution in [2.75, 3.05) is 19.1 Å². The van der Waals surface area contributed by atoms with Crippen LogP contribution in [0.3, 0.4) is 0 Å². The largest absolute Gasteiger partial charge is 0.496 e. The predicted molar refractivity (Wildman–Crippen MR) is 167 cm³/mol. The zero-order chi connectivity index (χ0) is 31.3. The number of nitrogens with zero attached hydrogens (tertiary/aromatic N) is 6. The molecule has 4 aromatic rings. The number of benzene rings is 1. The number of methoxy groups -OCH3 is 1. The molecule has 0 radical (unpaired) electrons. The first kappa shape index (κ1) is 29.2. The Morgan fingerprint density at radius 1 is 1.14 bits per heavy atom. The lowest BCUT2D eigenvalue weighted by Gasteiger charge is -2.39. The number of fused-ring (bicyclic) bond motifs is 3. The molecule has 1 aromatic carbocycles. The lowest BCUT2D eigenvalue weighted by molar-refractivity contribution is -0.128. The van der Waals surface area contributed by atoms with E-state index in [1.807, 2.05) is 37.3 Å². The topological polar surface area (TPSA) is 195 Å². The average Bonchev–Trinajstić information content (AvgIpc) is 3.54. The smallest absolute Gasteiger partial charge is 0.289 e. The van der Waals surface area contributed by atoms with Gasteiger partial charge in [0.15, 0.2) is 21.3 Å². The molecule has 2 unspecified atom stereocenters. The highest BCUT2D eigenvalue weighted by atomic mass is 32.2. The Morgan fingerprint density at radius 3 is 2.43 bits per heavy atom. The molecule has 0 spiro atoms.